The highest BCUT2D eigenvalue weighted by Crippen LogP contribution is 2.32. The van der Waals surface area contributed by atoms with Gasteiger partial charge in [-0.15, -0.1) is 13.2 Å². The summed E-state index contributed by atoms with van der Waals surface area (Å²) in [6.45, 7) is 0. The summed E-state index contributed by atoms with van der Waals surface area (Å²) in [5.74, 6) is -2.85. The Morgan fingerprint density at radius 3 is 2.43 bits per heavy atom. The van der Waals surface area contributed by atoms with Crippen LogP contribution >= 0.6 is 15.9 Å². The largest absolute Gasteiger partial charge is 0.573 e. The zero-order valence-corrected chi connectivity index (χ0v) is 11.9. The van der Waals surface area contributed by atoms with Crippen molar-refractivity contribution in [1.29, 1.82) is 0 Å². The third kappa shape index (κ3) is 5.01. The van der Waals surface area contributed by atoms with E-state index in [-0.39, 0.29) is 16.5 Å². The molecule has 1 rings (SSSR count). The zero-order valence-electron chi connectivity index (χ0n) is 10.4. The molecule has 5 nitrogen and oxygen atoms in total. The molecular formula is C12H10BrF3O5. The van der Waals surface area contributed by atoms with Gasteiger partial charge in [-0.3, -0.25) is 4.79 Å². The fourth-order valence-electron chi connectivity index (χ4n) is 1.63. The van der Waals surface area contributed by atoms with Gasteiger partial charge in [0.1, 0.15) is 11.5 Å². The average molecular weight is 371 g/mol. The fourth-order valence-corrected chi connectivity index (χ4v) is 1.82. The summed E-state index contributed by atoms with van der Waals surface area (Å²) < 4.78 is 40.8. The number of hydrogen-bond acceptors (Lipinski definition) is 4. The SMILES string of the molecule is O=C(CBr)Cc1c(OC(F)(F)F)cccc1C(O)C(=O)O. The topological polar surface area (TPSA) is 83.8 Å². The summed E-state index contributed by atoms with van der Waals surface area (Å²) in [7, 11) is 0. The molecule has 0 aliphatic rings. The van der Waals surface area contributed by atoms with Gasteiger partial charge in [0.25, 0.3) is 0 Å². The lowest BCUT2D eigenvalue weighted by molar-refractivity contribution is -0.274. The van der Waals surface area contributed by atoms with Crippen molar-refractivity contribution in [1.82, 2.24) is 0 Å². The van der Waals surface area contributed by atoms with Crippen LogP contribution in [0.2, 0.25) is 0 Å². The molecule has 0 amide bonds. The Balaban J connectivity index is 3.33. The maximum atomic E-state index is 12.3. The van der Waals surface area contributed by atoms with E-state index in [9.17, 15) is 27.9 Å². The number of aliphatic hydroxyl groups excluding tert-OH is 1. The van der Waals surface area contributed by atoms with Gasteiger partial charge in [-0.2, -0.15) is 0 Å². The second kappa shape index (κ2) is 6.90. The smallest absolute Gasteiger partial charge is 0.479 e. The van der Waals surface area contributed by atoms with Gasteiger partial charge in [-0.25, -0.2) is 4.79 Å². The molecule has 116 valence electrons. The quantitative estimate of drug-likeness (QED) is 0.750. The monoisotopic (exact) mass is 370 g/mol. The van der Waals surface area contributed by atoms with Gasteiger partial charge in [0.15, 0.2) is 6.10 Å². The molecule has 9 heteroatoms. The lowest BCUT2D eigenvalue weighted by atomic mass is 9.97. The van der Waals surface area contributed by atoms with Crippen molar-refractivity contribution >= 4 is 27.7 Å². The Hall–Kier alpha value is -1.61. The number of Topliss-reactive ketones (excluding diaryl/α,β-unsaturated/α-hetero) is 1. The molecule has 0 fully saturated rings. The van der Waals surface area contributed by atoms with Crippen molar-refractivity contribution in [3.8, 4) is 5.75 Å². The number of ketones is 1. The van der Waals surface area contributed by atoms with Crippen LogP contribution in [0, 0.1) is 0 Å². The van der Waals surface area contributed by atoms with Gasteiger partial charge in [0.05, 0.1) is 5.33 Å². The number of halogens is 4. The summed E-state index contributed by atoms with van der Waals surface area (Å²) in [6, 6.07) is 3.17. The van der Waals surface area contributed by atoms with Crippen LogP contribution in [0.3, 0.4) is 0 Å². The van der Waals surface area contributed by atoms with E-state index in [4.69, 9.17) is 5.11 Å². The van der Waals surface area contributed by atoms with Gasteiger partial charge in [-0.1, -0.05) is 28.1 Å². The van der Waals surface area contributed by atoms with Crippen LogP contribution in [0.4, 0.5) is 13.2 Å². The van der Waals surface area contributed by atoms with E-state index in [1.165, 1.54) is 0 Å². The van der Waals surface area contributed by atoms with Crippen molar-refractivity contribution in [2.75, 3.05) is 5.33 Å². The number of carboxylic acids is 1. The number of aliphatic hydroxyl groups is 1. The maximum Gasteiger partial charge on any atom is 0.573 e. The fraction of sp³-hybridized carbons (Fsp3) is 0.333. The lowest BCUT2D eigenvalue weighted by Gasteiger charge is -2.17. The highest BCUT2D eigenvalue weighted by atomic mass is 79.9. The highest BCUT2D eigenvalue weighted by Gasteiger charge is 2.33. The Bertz CT molecular complexity index is 544. The minimum atomic E-state index is -5.00. The first-order valence-corrected chi connectivity index (χ1v) is 6.64. The second-order valence-corrected chi connectivity index (χ2v) is 4.52. The normalized spacial score (nSPS) is 12.8. The second-order valence-electron chi connectivity index (χ2n) is 3.96. The van der Waals surface area contributed by atoms with Gasteiger partial charge >= 0.3 is 12.3 Å². The molecule has 0 radical (unpaired) electrons. The van der Waals surface area contributed by atoms with E-state index in [0.29, 0.717) is 0 Å². The first-order chi connectivity index (χ1) is 9.65. The Kier molecular flexibility index (Phi) is 5.73. The van der Waals surface area contributed by atoms with E-state index >= 15 is 0 Å². The Labute approximate surface area is 125 Å². The van der Waals surface area contributed by atoms with E-state index in [1.807, 2.05) is 0 Å². The predicted octanol–water partition coefficient (Wildman–Crippen LogP) is 2.21. The summed E-state index contributed by atoms with van der Waals surface area (Å²) >= 11 is 2.86. The minimum Gasteiger partial charge on any atom is -0.479 e. The number of carboxylic acid groups (broad SMARTS) is 1. The summed E-state index contributed by atoms with van der Waals surface area (Å²) in [4.78, 5) is 22.2. The van der Waals surface area contributed by atoms with Crippen molar-refractivity contribution in [3.63, 3.8) is 0 Å². The van der Waals surface area contributed by atoms with Crippen LogP contribution in [-0.2, 0) is 16.0 Å². The van der Waals surface area contributed by atoms with E-state index in [1.54, 1.807) is 0 Å². The zero-order chi connectivity index (χ0) is 16.2. The first-order valence-electron chi connectivity index (χ1n) is 5.51. The number of ether oxygens (including phenoxy) is 1. The molecule has 2 N–H and O–H groups in total. The van der Waals surface area contributed by atoms with Crippen LogP contribution < -0.4 is 4.74 Å². The predicted molar refractivity (Wildman–Crippen MR) is 68.2 cm³/mol. The first kappa shape index (κ1) is 17.4. The van der Waals surface area contributed by atoms with Gasteiger partial charge in [0.2, 0.25) is 0 Å². The van der Waals surface area contributed by atoms with Gasteiger partial charge in [0, 0.05) is 12.0 Å². The molecule has 1 unspecified atom stereocenters. The molecule has 0 saturated carbocycles. The van der Waals surface area contributed by atoms with Crippen molar-refractivity contribution in [3.05, 3.63) is 29.3 Å². The molecule has 0 spiro atoms. The van der Waals surface area contributed by atoms with Gasteiger partial charge < -0.3 is 14.9 Å². The van der Waals surface area contributed by atoms with Gasteiger partial charge in [-0.05, 0) is 11.6 Å². The molecule has 0 bridgehead atoms. The van der Waals surface area contributed by atoms with E-state index in [0.717, 1.165) is 18.2 Å². The molecule has 1 atom stereocenters. The third-order valence-electron chi connectivity index (χ3n) is 2.45. The average Bonchev–Trinajstić information content (AvgIpc) is 2.37. The summed E-state index contributed by atoms with van der Waals surface area (Å²) in [6.07, 6.45) is -7.56. The molecule has 0 saturated heterocycles. The summed E-state index contributed by atoms with van der Waals surface area (Å²) in [5, 5.41) is 18.2. The molecule has 0 heterocycles. The van der Waals surface area contributed by atoms with Crippen LogP contribution in [0.1, 0.15) is 17.2 Å². The number of aliphatic carboxylic acids is 1. The van der Waals surface area contributed by atoms with E-state index in [2.05, 4.69) is 20.7 Å². The molecule has 0 aliphatic heterocycles. The number of hydrogen-bond donors (Lipinski definition) is 2. The molecule has 1 aromatic carbocycles. The number of alkyl halides is 4. The number of benzene rings is 1. The van der Waals surface area contributed by atoms with Crippen molar-refractivity contribution in [2.24, 2.45) is 0 Å². The van der Waals surface area contributed by atoms with Crippen molar-refractivity contribution < 1.29 is 37.7 Å². The van der Waals surface area contributed by atoms with Crippen LogP contribution in [0.25, 0.3) is 0 Å². The van der Waals surface area contributed by atoms with Crippen LogP contribution in [0.5, 0.6) is 5.75 Å². The molecule has 1 aromatic rings. The summed E-state index contributed by atoms with van der Waals surface area (Å²) in [5.41, 5.74) is -0.632. The number of carbonyl (C=O) groups is 2. The molecule has 21 heavy (non-hydrogen) atoms. The molecule has 0 aromatic heterocycles. The molecule has 0 aliphatic carbocycles. The number of rotatable bonds is 6. The van der Waals surface area contributed by atoms with E-state index < -0.39 is 36.4 Å². The third-order valence-corrected chi connectivity index (χ3v) is 3.07. The molecular weight excluding hydrogens is 361 g/mol. The standard InChI is InChI=1S/C12H10BrF3O5/c13-5-6(17)4-8-7(10(18)11(19)20)2-1-3-9(8)21-12(14,15)16/h1-3,10,18H,4-5H2,(H,19,20). The lowest BCUT2D eigenvalue weighted by Crippen LogP contribution is -2.21. The highest BCUT2D eigenvalue weighted by molar-refractivity contribution is 9.09. The van der Waals surface area contributed by atoms with Crippen LogP contribution in [0.15, 0.2) is 18.2 Å². The Morgan fingerprint density at radius 1 is 1.33 bits per heavy atom. The Morgan fingerprint density at radius 2 is 1.95 bits per heavy atom. The van der Waals surface area contributed by atoms with Crippen LogP contribution in [-0.4, -0.2) is 33.7 Å². The number of carbonyl (C=O) groups excluding carboxylic acids is 1. The minimum absolute atomic E-state index is 0.129. The van der Waals surface area contributed by atoms with Crippen molar-refractivity contribution in [2.45, 2.75) is 18.9 Å². The maximum absolute atomic E-state index is 12.3.